The highest BCUT2D eigenvalue weighted by atomic mass is 16.2. The van der Waals surface area contributed by atoms with E-state index in [1.165, 1.54) is 0 Å². The number of hydrogen-bond acceptors (Lipinski definition) is 2. The number of ketones is 1. The molecule has 0 bridgehead atoms. The molecule has 0 N–H and O–H groups in total. The van der Waals surface area contributed by atoms with Crippen molar-refractivity contribution < 1.29 is 11.0 Å². The Bertz CT molecular complexity index is 367. The average Bonchev–Trinajstić information content (AvgIpc) is 2.68. The third-order valence-electron chi connectivity index (χ3n) is 4.94. The van der Waals surface area contributed by atoms with Gasteiger partial charge in [-0.05, 0) is 30.6 Å². The van der Waals surface area contributed by atoms with Crippen molar-refractivity contribution in [1.29, 1.82) is 0 Å². The first-order chi connectivity index (χ1) is 7.82. The Morgan fingerprint density at radius 3 is 2.53 bits per heavy atom. The van der Waals surface area contributed by atoms with Gasteiger partial charge in [0.05, 0.1) is 6.04 Å². The van der Waals surface area contributed by atoms with Gasteiger partial charge in [0.15, 0.2) is 5.78 Å². The fraction of sp³-hybridized carbons (Fsp3) is 0.857. The summed E-state index contributed by atoms with van der Waals surface area (Å²) in [6, 6.07) is -0.156. The van der Waals surface area contributed by atoms with Crippen LogP contribution in [0.3, 0.4) is 0 Å². The van der Waals surface area contributed by atoms with Crippen LogP contribution in [0.4, 0.5) is 0 Å². The summed E-state index contributed by atoms with van der Waals surface area (Å²) >= 11 is 0. The van der Waals surface area contributed by atoms with Crippen molar-refractivity contribution in [3.05, 3.63) is 0 Å². The van der Waals surface area contributed by atoms with Crippen LogP contribution in [0.5, 0.6) is 0 Å². The lowest BCUT2D eigenvalue weighted by Crippen LogP contribution is -2.46. The Balaban J connectivity index is 0.00000162. The number of carbonyl (C=O) groups is 2. The van der Waals surface area contributed by atoms with Crippen LogP contribution in [-0.4, -0.2) is 29.2 Å². The van der Waals surface area contributed by atoms with Gasteiger partial charge in [-0.3, -0.25) is 9.59 Å². The van der Waals surface area contributed by atoms with Gasteiger partial charge >= 0.3 is 0 Å². The van der Waals surface area contributed by atoms with Crippen LogP contribution in [0.15, 0.2) is 0 Å². The molecule has 1 aliphatic heterocycles. The van der Waals surface area contributed by atoms with Gasteiger partial charge in [-0.15, -0.1) is 0 Å². The summed E-state index contributed by atoms with van der Waals surface area (Å²) in [4.78, 5) is 25.9. The van der Waals surface area contributed by atoms with E-state index in [-0.39, 0.29) is 30.5 Å². The van der Waals surface area contributed by atoms with Crippen LogP contribution >= 0.6 is 0 Å². The number of carbonyl (C=O) groups excluding carboxylic acids is 2. The number of nitrogens with zero attached hydrogens (tertiary/aromatic N) is 1. The number of piperidine rings is 1. The molecule has 2 rings (SSSR count). The summed E-state index contributed by atoms with van der Waals surface area (Å²) in [6.45, 7) is 10.8. The standard InChI is InChI=1S/C14H23NO2.H2/c1-6-8(2)13(17)15-7-10-11(14(10,4)5)12(15)9(3)16;/h8,10-12H,6-7H2,1-5H3;1H/t8-,10?,11?,12+;/m0./s1. The van der Waals surface area contributed by atoms with Gasteiger partial charge in [0, 0.05) is 13.9 Å². The third-order valence-corrected chi connectivity index (χ3v) is 4.94. The van der Waals surface area contributed by atoms with Crippen LogP contribution in [0.1, 0.15) is 42.5 Å². The molecular weight excluding hydrogens is 214 g/mol. The van der Waals surface area contributed by atoms with Crippen LogP contribution in [0.2, 0.25) is 0 Å². The van der Waals surface area contributed by atoms with Crippen LogP contribution in [0, 0.1) is 23.2 Å². The minimum Gasteiger partial charge on any atom is -0.332 e. The van der Waals surface area contributed by atoms with Gasteiger partial charge in [-0.2, -0.15) is 0 Å². The molecule has 1 saturated heterocycles. The van der Waals surface area contributed by atoms with E-state index < -0.39 is 0 Å². The largest absolute Gasteiger partial charge is 0.332 e. The minimum absolute atomic E-state index is 0. The van der Waals surface area contributed by atoms with Crippen molar-refractivity contribution in [2.75, 3.05) is 6.54 Å². The maximum Gasteiger partial charge on any atom is 0.226 e. The second kappa shape index (κ2) is 3.82. The van der Waals surface area contributed by atoms with E-state index in [1.54, 1.807) is 6.92 Å². The smallest absolute Gasteiger partial charge is 0.226 e. The van der Waals surface area contributed by atoms with Crippen LogP contribution in [0.25, 0.3) is 0 Å². The van der Waals surface area contributed by atoms with Crippen molar-refractivity contribution >= 4 is 11.7 Å². The average molecular weight is 239 g/mol. The molecule has 2 unspecified atom stereocenters. The number of amides is 1. The maximum atomic E-state index is 12.2. The maximum absolute atomic E-state index is 12.2. The summed E-state index contributed by atoms with van der Waals surface area (Å²) in [7, 11) is 0. The van der Waals surface area contributed by atoms with Crippen molar-refractivity contribution in [2.24, 2.45) is 23.2 Å². The fourth-order valence-electron chi connectivity index (χ4n) is 3.44. The van der Waals surface area contributed by atoms with Gasteiger partial charge < -0.3 is 4.90 Å². The minimum atomic E-state index is -0.156. The van der Waals surface area contributed by atoms with Crippen molar-refractivity contribution in [3.63, 3.8) is 0 Å². The van der Waals surface area contributed by atoms with Gasteiger partial charge in [0.2, 0.25) is 5.91 Å². The molecule has 0 radical (unpaired) electrons. The lowest BCUT2D eigenvalue weighted by molar-refractivity contribution is -0.141. The van der Waals surface area contributed by atoms with Gasteiger partial charge in [0.25, 0.3) is 0 Å². The summed E-state index contributed by atoms with van der Waals surface area (Å²) < 4.78 is 0. The lowest BCUT2D eigenvalue weighted by atomic mass is 9.97. The summed E-state index contributed by atoms with van der Waals surface area (Å²) in [5, 5.41) is 0. The molecule has 3 heteroatoms. The molecular formula is C14H25NO2. The summed E-state index contributed by atoms with van der Waals surface area (Å²) in [5.74, 6) is 1.28. The van der Waals surface area contributed by atoms with Crippen LogP contribution < -0.4 is 0 Å². The number of hydrogen-bond donors (Lipinski definition) is 0. The lowest BCUT2D eigenvalue weighted by Gasteiger charge is -2.31. The molecule has 98 valence electrons. The van der Waals surface area contributed by atoms with E-state index in [4.69, 9.17) is 0 Å². The molecule has 17 heavy (non-hydrogen) atoms. The summed E-state index contributed by atoms with van der Waals surface area (Å²) in [5.41, 5.74) is 0.253. The zero-order chi connectivity index (χ0) is 13.0. The molecule has 1 heterocycles. The quantitative estimate of drug-likeness (QED) is 0.758. The molecule has 4 atom stereocenters. The topological polar surface area (TPSA) is 37.4 Å². The van der Waals surface area contributed by atoms with E-state index in [0.717, 1.165) is 13.0 Å². The first kappa shape index (κ1) is 12.6. The summed E-state index contributed by atoms with van der Waals surface area (Å²) in [6.07, 6.45) is 0.846. The number of fused-ring (bicyclic) bond motifs is 1. The predicted molar refractivity (Wildman–Crippen MR) is 68.5 cm³/mol. The third kappa shape index (κ3) is 1.71. The molecule has 0 aromatic heterocycles. The number of Topliss-reactive ketones (excluding diaryl/α,β-unsaturated/α-hetero) is 1. The second-order valence-electron chi connectivity index (χ2n) is 6.31. The highest BCUT2D eigenvalue weighted by Gasteiger charge is 2.68. The van der Waals surface area contributed by atoms with Crippen molar-refractivity contribution in [2.45, 2.75) is 47.1 Å². The highest BCUT2D eigenvalue weighted by Crippen LogP contribution is 2.65. The number of likely N-dealkylation sites (tertiary alicyclic amines) is 1. The molecule has 1 aliphatic carbocycles. The number of rotatable bonds is 3. The Kier molecular flexibility index (Phi) is 2.83. The second-order valence-corrected chi connectivity index (χ2v) is 6.31. The predicted octanol–water partition coefficient (Wildman–Crippen LogP) is 2.35. The molecule has 0 spiro atoms. The van der Waals surface area contributed by atoms with E-state index in [9.17, 15) is 9.59 Å². The van der Waals surface area contributed by atoms with E-state index in [1.807, 2.05) is 18.7 Å². The Morgan fingerprint density at radius 2 is 2.06 bits per heavy atom. The molecule has 1 amide bonds. The van der Waals surface area contributed by atoms with E-state index >= 15 is 0 Å². The zero-order valence-electron chi connectivity index (χ0n) is 11.5. The van der Waals surface area contributed by atoms with Gasteiger partial charge in [-0.25, -0.2) is 0 Å². The Morgan fingerprint density at radius 1 is 1.47 bits per heavy atom. The Hall–Kier alpha value is -0.860. The molecule has 0 aromatic rings. The van der Waals surface area contributed by atoms with E-state index in [2.05, 4.69) is 13.8 Å². The van der Waals surface area contributed by atoms with Crippen molar-refractivity contribution in [1.82, 2.24) is 4.90 Å². The van der Waals surface area contributed by atoms with E-state index in [0.29, 0.717) is 11.8 Å². The monoisotopic (exact) mass is 239 g/mol. The van der Waals surface area contributed by atoms with Gasteiger partial charge in [-0.1, -0.05) is 27.7 Å². The zero-order valence-corrected chi connectivity index (χ0v) is 11.5. The SMILES string of the molecule is CC[C@H](C)C(=O)N1CC2C([C@H]1C(C)=O)C2(C)C.[HH]. The van der Waals surface area contributed by atoms with Crippen LogP contribution in [-0.2, 0) is 9.59 Å². The molecule has 2 aliphatic rings. The first-order valence-corrected chi connectivity index (χ1v) is 6.63. The molecule has 3 nitrogen and oxygen atoms in total. The normalized spacial score (nSPS) is 35.4. The van der Waals surface area contributed by atoms with Gasteiger partial charge in [0.1, 0.15) is 0 Å². The van der Waals surface area contributed by atoms with Crippen molar-refractivity contribution in [3.8, 4) is 0 Å². The Labute approximate surface area is 105 Å². The highest BCUT2D eigenvalue weighted by molar-refractivity contribution is 5.90. The molecule has 2 fully saturated rings. The first-order valence-electron chi connectivity index (χ1n) is 6.63. The molecule has 1 saturated carbocycles. The molecule has 0 aromatic carbocycles. The fourth-order valence-corrected chi connectivity index (χ4v) is 3.44.